The van der Waals surface area contributed by atoms with Gasteiger partial charge >= 0.3 is 0 Å². The van der Waals surface area contributed by atoms with Crippen LogP contribution in [0.5, 0.6) is 0 Å². The van der Waals surface area contributed by atoms with Crippen molar-refractivity contribution >= 4 is 27.7 Å². The van der Waals surface area contributed by atoms with Crippen molar-refractivity contribution in [2.45, 2.75) is 0 Å². The Balaban J connectivity index is 1.82. The van der Waals surface area contributed by atoms with Crippen molar-refractivity contribution in [3.8, 4) is 5.82 Å². The molecule has 0 spiro atoms. The number of carbonyl (C=O) groups is 1. The average molecular weight is 345 g/mol. The molecule has 2 heterocycles. The molecule has 1 N–H and O–H groups in total. The zero-order valence-corrected chi connectivity index (χ0v) is 12.2. The van der Waals surface area contributed by atoms with Crippen LogP contribution in [0.3, 0.4) is 0 Å². The van der Waals surface area contributed by atoms with E-state index in [9.17, 15) is 4.79 Å². The molecule has 0 fully saturated rings. The minimum absolute atomic E-state index is 0.250. The second-order valence-electron chi connectivity index (χ2n) is 4.07. The van der Waals surface area contributed by atoms with Gasteiger partial charge in [0.2, 0.25) is 0 Å². The van der Waals surface area contributed by atoms with E-state index in [0.29, 0.717) is 17.2 Å². The SMILES string of the molecule is O=C(Nc1cc(-n2cncn2)ncn1)c1cccc(Br)c1. The van der Waals surface area contributed by atoms with Crippen molar-refractivity contribution in [2.24, 2.45) is 0 Å². The molecule has 1 aromatic carbocycles. The quantitative estimate of drug-likeness (QED) is 0.785. The molecule has 8 heteroatoms. The standard InChI is InChI=1S/C13H9BrN6O/c14-10-3-1-2-9(4-10)13(21)19-11-5-12(17-7-16-11)20-8-15-6-18-20/h1-8H,(H,16,17,19,21). The van der Waals surface area contributed by atoms with Gasteiger partial charge in [-0.15, -0.1) is 0 Å². The summed E-state index contributed by atoms with van der Waals surface area (Å²) in [6.07, 6.45) is 4.28. The Morgan fingerprint density at radius 3 is 2.86 bits per heavy atom. The van der Waals surface area contributed by atoms with E-state index in [2.05, 4.69) is 41.3 Å². The molecule has 0 bridgehead atoms. The van der Waals surface area contributed by atoms with Crippen LogP contribution in [0.15, 0.2) is 53.8 Å². The van der Waals surface area contributed by atoms with Gasteiger partial charge in [-0.2, -0.15) is 5.10 Å². The van der Waals surface area contributed by atoms with Gasteiger partial charge in [-0.25, -0.2) is 19.6 Å². The molecule has 3 rings (SSSR count). The molecular formula is C13H9BrN6O. The fourth-order valence-corrected chi connectivity index (χ4v) is 2.08. The van der Waals surface area contributed by atoms with Crippen LogP contribution in [0.2, 0.25) is 0 Å². The number of aromatic nitrogens is 5. The molecule has 0 unspecified atom stereocenters. The number of nitrogens with one attached hydrogen (secondary N) is 1. The van der Waals surface area contributed by atoms with Gasteiger partial charge in [0.05, 0.1) is 0 Å². The summed E-state index contributed by atoms with van der Waals surface area (Å²) in [5.41, 5.74) is 0.533. The third kappa shape index (κ3) is 3.11. The van der Waals surface area contributed by atoms with Crippen LogP contribution in [0, 0.1) is 0 Å². The van der Waals surface area contributed by atoms with E-state index in [1.165, 1.54) is 23.7 Å². The van der Waals surface area contributed by atoms with Crippen LogP contribution < -0.4 is 5.32 Å². The fraction of sp³-hybridized carbons (Fsp3) is 0. The number of amides is 1. The van der Waals surface area contributed by atoms with E-state index >= 15 is 0 Å². The number of halogens is 1. The van der Waals surface area contributed by atoms with Crippen LogP contribution in [-0.2, 0) is 0 Å². The Morgan fingerprint density at radius 2 is 2.10 bits per heavy atom. The van der Waals surface area contributed by atoms with Gasteiger partial charge in [0.1, 0.15) is 24.8 Å². The monoisotopic (exact) mass is 344 g/mol. The average Bonchev–Trinajstić information content (AvgIpc) is 3.02. The first-order valence-electron chi connectivity index (χ1n) is 5.96. The fourth-order valence-electron chi connectivity index (χ4n) is 1.69. The number of rotatable bonds is 3. The zero-order valence-electron chi connectivity index (χ0n) is 10.6. The third-order valence-electron chi connectivity index (χ3n) is 2.63. The van der Waals surface area contributed by atoms with E-state index in [-0.39, 0.29) is 5.91 Å². The maximum Gasteiger partial charge on any atom is 0.256 e. The molecule has 21 heavy (non-hydrogen) atoms. The Hall–Kier alpha value is -2.61. The van der Waals surface area contributed by atoms with Gasteiger partial charge in [0.25, 0.3) is 5.91 Å². The predicted octanol–water partition coefficient (Wildman–Crippen LogP) is 2.07. The lowest BCUT2D eigenvalue weighted by atomic mass is 10.2. The van der Waals surface area contributed by atoms with E-state index in [1.54, 1.807) is 24.3 Å². The number of hydrogen-bond acceptors (Lipinski definition) is 5. The highest BCUT2D eigenvalue weighted by atomic mass is 79.9. The van der Waals surface area contributed by atoms with Gasteiger partial charge in [0.15, 0.2) is 5.82 Å². The number of anilines is 1. The highest BCUT2D eigenvalue weighted by Gasteiger charge is 2.08. The zero-order chi connectivity index (χ0) is 14.7. The Kier molecular flexibility index (Phi) is 3.69. The minimum atomic E-state index is -0.250. The second-order valence-corrected chi connectivity index (χ2v) is 4.98. The topological polar surface area (TPSA) is 85.6 Å². The Bertz CT molecular complexity index is 774. The van der Waals surface area contributed by atoms with E-state index in [0.717, 1.165) is 4.47 Å². The summed E-state index contributed by atoms with van der Waals surface area (Å²) in [4.78, 5) is 24.1. The van der Waals surface area contributed by atoms with E-state index in [4.69, 9.17) is 0 Å². The summed E-state index contributed by atoms with van der Waals surface area (Å²) >= 11 is 3.33. The summed E-state index contributed by atoms with van der Waals surface area (Å²) in [6, 6.07) is 8.71. The second kappa shape index (κ2) is 5.80. The summed E-state index contributed by atoms with van der Waals surface area (Å²) in [5.74, 6) is 0.659. The molecule has 0 aliphatic carbocycles. The molecule has 3 aromatic rings. The molecule has 0 aliphatic heterocycles. The van der Waals surface area contributed by atoms with Crippen LogP contribution >= 0.6 is 15.9 Å². The van der Waals surface area contributed by atoms with Crippen molar-refractivity contribution in [1.82, 2.24) is 24.7 Å². The maximum atomic E-state index is 12.1. The lowest BCUT2D eigenvalue weighted by Gasteiger charge is -2.06. The first-order chi connectivity index (χ1) is 10.2. The highest BCUT2D eigenvalue weighted by Crippen LogP contribution is 2.14. The van der Waals surface area contributed by atoms with Crippen LogP contribution in [0.1, 0.15) is 10.4 Å². The largest absolute Gasteiger partial charge is 0.306 e. The number of benzene rings is 1. The number of carbonyl (C=O) groups excluding carboxylic acids is 1. The third-order valence-corrected chi connectivity index (χ3v) is 3.13. The molecule has 0 atom stereocenters. The molecule has 0 saturated heterocycles. The molecule has 7 nitrogen and oxygen atoms in total. The summed E-state index contributed by atoms with van der Waals surface area (Å²) in [6.45, 7) is 0. The predicted molar refractivity (Wildman–Crippen MR) is 79.0 cm³/mol. The lowest BCUT2D eigenvalue weighted by molar-refractivity contribution is 0.102. The number of hydrogen-bond donors (Lipinski definition) is 1. The lowest BCUT2D eigenvalue weighted by Crippen LogP contribution is -2.13. The number of nitrogens with zero attached hydrogens (tertiary/aromatic N) is 5. The van der Waals surface area contributed by atoms with Crippen molar-refractivity contribution < 1.29 is 4.79 Å². The Morgan fingerprint density at radius 1 is 1.19 bits per heavy atom. The van der Waals surface area contributed by atoms with Crippen LogP contribution in [-0.4, -0.2) is 30.6 Å². The van der Waals surface area contributed by atoms with Gasteiger partial charge in [-0.1, -0.05) is 22.0 Å². The highest BCUT2D eigenvalue weighted by molar-refractivity contribution is 9.10. The van der Waals surface area contributed by atoms with Crippen molar-refractivity contribution in [3.05, 3.63) is 59.3 Å². The molecule has 2 aromatic heterocycles. The first-order valence-corrected chi connectivity index (χ1v) is 6.75. The Labute approximate surface area is 128 Å². The van der Waals surface area contributed by atoms with Crippen molar-refractivity contribution in [1.29, 1.82) is 0 Å². The molecule has 0 saturated carbocycles. The van der Waals surface area contributed by atoms with Gasteiger partial charge < -0.3 is 5.32 Å². The van der Waals surface area contributed by atoms with Gasteiger partial charge in [-0.3, -0.25) is 4.79 Å². The summed E-state index contributed by atoms with van der Waals surface area (Å²) < 4.78 is 2.32. The molecule has 104 valence electrons. The summed E-state index contributed by atoms with van der Waals surface area (Å²) in [7, 11) is 0. The van der Waals surface area contributed by atoms with Gasteiger partial charge in [-0.05, 0) is 18.2 Å². The van der Waals surface area contributed by atoms with Crippen molar-refractivity contribution in [3.63, 3.8) is 0 Å². The minimum Gasteiger partial charge on any atom is -0.306 e. The smallest absolute Gasteiger partial charge is 0.256 e. The molecule has 0 aliphatic rings. The van der Waals surface area contributed by atoms with Crippen LogP contribution in [0.4, 0.5) is 5.82 Å². The molecule has 0 radical (unpaired) electrons. The first kappa shape index (κ1) is 13.4. The maximum absolute atomic E-state index is 12.1. The molecule has 1 amide bonds. The van der Waals surface area contributed by atoms with Crippen molar-refractivity contribution in [2.75, 3.05) is 5.32 Å². The van der Waals surface area contributed by atoms with E-state index < -0.39 is 0 Å². The summed E-state index contributed by atoms with van der Waals surface area (Å²) in [5, 5.41) is 6.69. The normalized spacial score (nSPS) is 10.3. The molecular weight excluding hydrogens is 336 g/mol. The van der Waals surface area contributed by atoms with Gasteiger partial charge in [0, 0.05) is 16.1 Å². The van der Waals surface area contributed by atoms with E-state index in [1.807, 2.05) is 6.07 Å². The van der Waals surface area contributed by atoms with Crippen LogP contribution in [0.25, 0.3) is 5.82 Å².